The molecular formula is C25H27N3O2. The molecule has 0 saturated carbocycles. The fourth-order valence-corrected chi connectivity index (χ4v) is 3.75. The van der Waals surface area contributed by atoms with Gasteiger partial charge in [-0.2, -0.15) is 0 Å². The van der Waals surface area contributed by atoms with Gasteiger partial charge in [0, 0.05) is 41.7 Å². The molecule has 2 aromatic rings. The first-order chi connectivity index (χ1) is 14.6. The second-order valence-corrected chi connectivity index (χ2v) is 7.75. The van der Waals surface area contributed by atoms with Crippen molar-refractivity contribution in [2.45, 2.75) is 32.3 Å². The van der Waals surface area contributed by atoms with Crippen molar-refractivity contribution in [1.82, 2.24) is 4.98 Å². The molecule has 2 aliphatic rings. The zero-order chi connectivity index (χ0) is 20.9. The number of piperidine rings is 1. The van der Waals surface area contributed by atoms with E-state index in [1.54, 1.807) is 6.92 Å². The molecule has 2 N–H and O–H groups in total. The van der Waals surface area contributed by atoms with Gasteiger partial charge < -0.3 is 15.3 Å². The van der Waals surface area contributed by atoms with Crippen LogP contribution >= 0.6 is 0 Å². The summed E-state index contributed by atoms with van der Waals surface area (Å²) in [5, 5.41) is 13.4. The quantitative estimate of drug-likeness (QED) is 0.773. The van der Waals surface area contributed by atoms with Crippen molar-refractivity contribution < 1.29 is 9.90 Å². The molecule has 1 aliphatic carbocycles. The van der Waals surface area contributed by atoms with E-state index in [0.29, 0.717) is 6.42 Å². The van der Waals surface area contributed by atoms with Crippen molar-refractivity contribution in [2.24, 2.45) is 0 Å². The molecule has 2 heterocycles. The van der Waals surface area contributed by atoms with E-state index in [0.717, 1.165) is 60.0 Å². The minimum absolute atomic E-state index is 0.0748. The lowest BCUT2D eigenvalue weighted by Gasteiger charge is -2.31. The van der Waals surface area contributed by atoms with Gasteiger partial charge in [0.05, 0.1) is 11.8 Å². The summed E-state index contributed by atoms with van der Waals surface area (Å²) in [7, 11) is 0. The van der Waals surface area contributed by atoms with Gasteiger partial charge in [0.25, 0.3) is 0 Å². The molecule has 5 nitrogen and oxygen atoms in total. The Bertz CT molecular complexity index is 1000. The number of nitrogens with one attached hydrogen (secondary N) is 1. The Hall–Kier alpha value is -3.18. The third kappa shape index (κ3) is 4.86. The first-order valence-corrected chi connectivity index (χ1v) is 10.5. The number of aliphatic hydroxyl groups excluding tert-OH is 1. The number of anilines is 2. The average molecular weight is 402 g/mol. The average Bonchev–Trinajstić information content (AvgIpc) is 3.00. The van der Waals surface area contributed by atoms with Gasteiger partial charge in [0.1, 0.15) is 5.82 Å². The second-order valence-electron chi connectivity index (χ2n) is 7.75. The van der Waals surface area contributed by atoms with E-state index >= 15 is 0 Å². The van der Waals surface area contributed by atoms with Crippen LogP contribution in [0.1, 0.15) is 26.2 Å². The second kappa shape index (κ2) is 9.09. The highest BCUT2D eigenvalue weighted by Crippen LogP contribution is 2.28. The van der Waals surface area contributed by atoms with Gasteiger partial charge in [0.2, 0.25) is 0 Å². The van der Waals surface area contributed by atoms with Crippen LogP contribution in [0.15, 0.2) is 78.0 Å². The smallest absolute Gasteiger partial charge is 0.159 e. The van der Waals surface area contributed by atoms with Crippen molar-refractivity contribution in [2.75, 3.05) is 23.3 Å². The molecule has 0 radical (unpaired) electrons. The SMILES string of the molecule is CC(=O)C1=CCC=C(Nc2cc(-c3ccccc3)nc(N3CCC(O)CC3)c2)C=C1. The molecule has 5 heteroatoms. The van der Waals surface area contributed by atoms with E-state index in [2.05, 4.69) is 40.6 Å². The number of aliphatic hydroxyl groups is 1. The van der Waals surface area contributed by atoms with Crippen LogP contribution in [0.4, 0.5) is 11.5 Å². The Kier molecular flexibility index (Phi) is 6.10. The van der Waals surface area contributed by atoms with Crippen LogP contribution in [0.3, 0.4) is 0 Å². The summed E-state index contributed by atoms with van der Waals surface area (Å²) >= 11 is 0. The predicted molar refractivity (Wildman–Crippen MR) is 121 cm³/mol. The maximum atomic E-state index is 11.7. The molecule has 30 heavy (non-hydrogen) atoms. The highest BCUT2D eigenvalue weighted by molar-refractivity contribution is 5.96. The van der Waals surface area contributed by atoms with E-state index in [1.165, 1.54) is 0 Å². The Morgan fingerprint density at radius 2 is 1.87 bits per heavy atom. The molecule has 1 aliphatic heterocycles. The third-order valence-electron chi connectivity index (χ3n) is 5.48. The van der Waals surface area contributed by atoms with E-state index in [-0.39, 0.29) is 11.9 Å². The van der Waals surface area contributed by atoms with Crippen LogP contribution in [0, 0.1) is 0 Å². The van der Waals surface area contributed by atoms with Gasteiger partial charge in [-0.05, 0) is 44.4 Å². The third-order valence-corrected chi connectivity index (χ3v) is 5.48. The van der Waals surface area contributed by atoms with E-state index < -0.39 is 0 Å². The van der Waals surface area contributed by atoms with Crippen molar-refractivity contribution >= 4 is 17.3 Å². The van der Waals surface area contributed by atoms with E-state index in [1.807, 2.05) is 36.4 Å². The number of carbonyl (C=O) groups excluding carboxylic acids is 1. The van der Waals surface area contributed by atoms with Crippen molar-refractivity contribution in [1.29, 1.82) is 0 Å². The summed E-state index contributed by atoms with van der Waals surface area (Å²) in [6.07, 6.45) is 9.82. The maximum absolute atomic E-state index is 11.7. The predicted octanol–water partition coefficient (Wildman–Crippen LogP) is 4.48. The summed E-state index contributed by atoms with van der Waals surface area (Å²) in [6.45, 7) is 3.17. The maximum Gasteiger partial charge on any atom is 0.159 e. The highest BCUT2D eigenvalue weighted by atomic mass is 16.3. The zero-order valence-electron chi connectivity index (χ0n) is 17.2. The summed E-state index contributed by atoms with van der Waals surface area (Å²) in [5.41, 5.74) is 4.60. The van der Waals surface area contributed by atoms with Crippen LogP contribution in [-0.2, 0) is 4.79 Å². The number of hydrogen-bond acceptors (Lipinski definition) is 5. The van der Waals surface area contributed by atoms with Gasteiger partial charge in [-0.15, -0.1) is 0 Å². The lowest BCUT2D eigenvalue weighted by molar-refractivity contribution is -0.113. The number of rotatable bonds is 5. The molecule has 1 fully saturated rings. The van der Waals surface area contributed by atoms with Gasteiger partial charge in [0.15, 0.2) is 5.78 Å². The number of Topliss-reactive ketones (excluding diaryl/α,β-unsaturated/α-hetero) is 1. The minimum Gasteiger partial charge on any atom is -0.393 e. The van der Waals surface area contributed by atoms with Gasteiger partial charge in [-0.25, -0.2) is 4.98 Å². The fraction of sp³-hybridized carbons (Fsp3) is 0.280. The molecule has 0 amide bonds. The lowest BCUT2D eigenvalue weighted by Crippen LogP contribution is -2.36. The largest absolute Gasteiger partial charge is 0.393 e. The fourth-order valence-electron chi connectivity index (χ4n) is 3.75. The summed E-state index contributed by atoms with van der Waals surface area (Å²) in [4.78, 5) is 18.8. The molecule has 1 saturated heterocycles. The number of carbonyl (C=O) groups is 1. The molecule has 0 unspecified atom stereocenters. The zero-order valence-corrected chi connectivity index (χ0v) is 17.2. The van der Waals surface area contributed by atoms with Crippen LogP contribution in [0.25, 0.3) is 11.3 Å². The first kappa shape index (κ1) is 20.1. The Labute approximate surface area is 177 Å². The molecule has 1 aromatic heterocycles. The lowest BCUT2D eigenvalue weighted by atomic mass is 10.1. The molecule has 154 valence electrons. The van der Waals surface area contributed by atoms with Crippen LogP contribution in [0.2, 0.25) is 0 Å². The number of ketones is 1. The van der Waals surface area contributed by atoms with Crippen LogP contribution in [0.5, 0.6) is 0 Å². The number of nitrogens with zero attached hydrogens (tertiary/aromatic N) is 2. The van der Waals surface area contributed by atoms with Crippen molar-refractivity contribution in [3.8, 4) is 11.3 Å². The van der Waals surface area contributed by atoms with Crippen LogP contribution in [-0.4, -0.2) is 35.1 Å². The number of benzene rings is 1. The first-order valence-electron chi connectivity index (χ1n) is 10.5. The number of allylic oxidation sites excluding steroid dienone is 5. The van der Waals surface area contributed by atoms with Crippen molar-refractivity contribution in [3.05, 3.63) is 78.0 Å². The summed E-state index contributed by atoms with van der Waals surface area (Å²) in [5.74, 6) is 0.984. The normalized spacial score (nSPS) is 17.2. The monoisotopic (exact) mass is 401 g/mol. The molecular weight excluding hydrogens is 374 g/mol. The van der Waals surface area contributed by atoms with E-state index in [9.17, 15) is 9.90 Å². The number of aromatic nitrogens is 1. The Balaban J connectivity index is 1.63. The number of hydrogen-bond donors (Lipinski definition) is 2. The summed E-state index contributed by atoms with van der Waals surface area (Å²) in [6, 6.07) is 14.3. The van der Waals surface area contributed by atoms with Gasteiger partial charge in [-0.1, -0.05) is 42.5 Å². The molecule has 0 atom stereocenters. The molecule has 0 bridgehead atoms. The van der Waals surface area contributed by atoms with Gasteiger partial charge >= 0.3 is 0 Å². The standard InChI is InChI=1S/C25H27N3O2/c1-18(29)19-8-5-9-21(11-10-19)26-22-16-24(20-6-3-2-4-7-20)27-25(17-22)28-14-12-23(30)13-15-28/h2-4,6-11,16-17,23,30H,5,12-15H2,1H3,(H,26,27). The topological polar surface area (TPSA) is 65.5 Å². The summed E-state index contributed by atoms with van der Waals surface area (Å²) < 4.78 is 0. The number of pyridine rings is 1. The van der Waals surface area contributed by atoms with Crippen molar-refractivity contribution in [3.63, 3.8) is 0 Å². The molecule has 4 rings (SSSR count). The van der Waals surface area contributed by atoms with E-state index in [4.69, 9.17) is 4.98 Å². The molecule has 0 spiro atoms. The molecule has 1 aromatic carbocycles. The highest BCUT2D eigenvalue weighted by Gasteiger charge is 2.19. The van der Waals surface area contributed by atoms with Crippen LogP contribution < -0.4 is 10.2 Å². The minimum atomic E-state index is -0.222. The Morgan fingerprint density at radius 3 is 2.60 bits per heavy atom. The Morgan fingerprint density at radius 1 is 1.10 bits per heavy atom. The van der Waals surface area contributed by atoms with Gasteiger partial charge in [-0.3, -0.25) is 4.79 Å².